The van der Waals surface area contributed by atoms with Crippen LogP contribution in [0.2, 0.25) is 0 Å². The van der Waals surface area contributed by atoms with Gasteiger partial charge in [0.1, 0.15) is 0 Å². The Balaban J connectivity index is 1.10. The minimum atomic E-state index is 0.714. The number of hydrogen-bond acceptors (Lipinski definition) is 4. The number of benzene rings is 7. The van der Waals surface area contributed by atoms with Crippen molar-refractivity contribution in [1.29, 1.82) is 0 Å². The molecule has 0 saturated heterocycles. The number of aromatic nitrogens is 4. The molecule has 54 heavy (non-hydrogen) atoms. The first-order valence-corrected chi connectivity index (χ1v) is 18.9. The fourth-order valence-electron chi connectivity index (χ4n) is 7.94. The first kappa shape index (κ1) is 30.7. The van der Waals surface area contributed by atoms with E-state index in [2.05, 4.69) is 161 Å². The van der Waals surface area contributed by atoms with Gasteiger partial charge in [0, 0.05) is 66.4 Å². The molecule has 0 N–H and O–H groups in total. The van der Waals surface area contributed by atoms with Crippen molar-refractivity contribution in [2.45, 2.75) is 0 Å². The van der Waals surface area contributed by atoms with E-state index in [-0.39, 0.29) is 0 Å². The van der Waals surface area contributed by atoms with Gasteiger partial charge in [0.2, 0.25) is 0 Å². The second-order valence-corrected chi connectivity index (χ2v) is 14.7. The van der Waals surface area contributed by atoms with Gasteiger partial charge in [0.15, 0.2) is 5.82 Å². The van der Waals surface area contributed by atoms with Gasteiger partial charge in [-0.25, -0.2) is 9.97 Å². The summed E-state index contributed by atoms with van der Waals surface area (Å²) in [7, 11) is 0. The summed E-state index contributed by atoms with van der Waals surface area (Å²) in [6, 6.07) is 60.5. The fourth-order valence-corrected chi connectivity index (χ4v) is 9.13. The monoisotopic (exact) mass is 706 g/mol. The van der Waals surface area contributed by atoms with Gasteiger partial charge in [0.05, 0.1) is 26.9 Å². The van der Waals surface area contributed by atoms with Crippen LogP contribution in [0.25, 0.3) is 103 Å². The zero-order valence-electron chi connectivity index (χ0n) is 29.0. The lowest BCUT2D eigenvalue weighted by Gasteiger charge is -2.13. The van der Waals surface area contributed by atoms with Crippen molar-refractivity contribution >= 4 is 64.2 Å². The highest BCUT2D eigenvalue weighted by atomic mass is 32.1. The summed E-state index contributed by atoms with van der Waals surface area (Å²) in [4.78, 5) is 14.6. The van der Waals surface area contributed by atoms with Crippen molar-refractivity contribution in [3.63, 3.8) is 0 Å². The van der Waals surface area contributed by atoms with E-state index in [0.717, 1.165) is 39.0 Å². The van der Waals surface area contributed by atoms with Gasteiger partial charge in [-0.2, -0.15) is 0 Å². The van der Waals surface area contributed by atoms with Crippen molar-refractivity contribution < 1.29 is 0 Å². The van der Waals surface area contributed by atoms with E-state index in [0.29, 0.717) is 5.82 Å². The highest BCUT2D eigenvalue weighted by Gasteiger charge is 2.19. The van der Waals surface area contributed by atoms with Crippen LogP contribution in [0.5, 0.6) is 0 Å². The molecule has 0 spiro atoms. The van der Waals surface area contributed by atoms with Gasteiger partial charge in [-0.3, -0.25) is 4.98 Å². The minimum absolute atomic E-state index is 0.714. The van der Waals surface area contributed by atoms with E-state index in [1.807, 2.05) is 30.6 Å². The molecular weight excluding hydrogens is 677 g/mol. The van der Waals surface area contributed by atoms with Gasteiger partial charge >= 0.3 is 0 Å². The fraction of sp³-hybridized carbons (Fsp3) is 0. The van der Waals surface area contributed by atoms with E-state index in [4.69, 9.17) is 9.97 Å². The Kier molecular flexibility index (Phi) is 7.00. The van der Waals surface area contributed by atoms with E-state index in [9.17, 15) is 0 Å². The second kappa shape index (κ2) is 12.3. The molecule has 0 atom stereocenters. The van der Waals surface area contributed by atoms with Crippen LogP contribution in [0.4, 0.5) is 0 Å². The van der Waals surface area contributed by atoms with Crippen molar-refractivity contribution in [2.24, 2.45) is 0 Å². The molecule has 0 aliphatic rings. The topological polar surface area (TPSA) is 43.6 Å². The van der Waals surface area contributed by atoms with E-state index >= 15 is 0 Å². The zero-order valence-corrected chi connectivity index (χ0v) is 29.8. The number of hydrogen-bond donors (Lipinski definition) is 0. The van der Waals surface area contributed by atoms with Gasteiger partial charge in [-0.15, -0.1) is 11.3 Å². The lowest BCUT2D eigenvalue weighted by atomic mass is 10.00. The van der Waals surface area contributed by atoms with Gasteiger partial charge < -0.3 is 4.57 Å². The molecule has 0 bridgehead atoms. The van der Waals surface area contributed by atoms with Crippen LogP contribution < -0.4 is 0 Å². The maximum Gasteiger partial charge on any atom is 0.160 e. The number of para-hydroxylation sites is 2. The predicted octanol–water partition coefficient (Wildman–Crippen LogP) is 13.2. The Hall–Kier alpha value is -6.95. The quantitative estimate of drug-likeness (QED) is 0.179. The predicted molar refractivity (Wildman–Crippen MR) is 226 cm³/mol. The van der Waals surface area contributed by atoms with Gasteiger partial charge in [0.25, 0.3) is 0 Å². The summed E-state index contributed by atoms with van der Waals surface area (Å²) >= 11 is 1.80. The van der Waals surface area contributed by atoms with Gasteiger partial charge in [-0.05, 0) is 59.2 Å². The summed E-state index contributed by atoms with van der Waals surface area (Å²) in [6.45, 7) is 0. The first-order valence-electron chi connectivity index (χ1n) is 18.1. The smallest absolute Gasteiger partial charge is 0.160 e. The number of rotatable bonds is 5. The normalized spacial score (nSPS) is 11.7. The standard InChI is InChI=1S/C49H30N4S/c1-3-11-31(12-4-1)35-23-24-45-41(27-35)37-15-8-10-18-44(37)53(45)36-28-40(48-42(29-36)38-25-26-50-30-46(38)54-48)32-19-21-34(22-20-32)49-51-43-17-9-7-16-39(43)47(52-49)33-13-5-2-6-14-33/h1-30H. The lowest BCUT2D eigenvalue weighted by Crippen LogP contribution is -1.96. The van der Waals surface area contributed by atoms with E-state index in [1.54, 1.807) is 11.3 Å². The Morgan fingerprint density at radius 3 is 1.96 bits per heavy atom. The Morgan fingerprint density at radius 1 is 0.444 bits per heavy atom. The van der Waals surface area contributed by atoms with Gasteiger partial charge in [-0.1, -0.05) is 127 Å². The van der Waals surface area contributed by atoms with Crippen molar-refractivity contribution in [2.75, 3.05) is 0 Å². The molecular formula is C49H30N4S. The van der Waals surface area contributed by atoms with Crippen molar-refractivity contribution in [3.8, 4) is 50.6 Å². The summed E-state index contributed by atoms with van der Waals surface area (Å²) in [5.74, 6) is 0.714. The molecule has 0 amide bonds. The summed E-state index contributed by atoms with van der Waals surface area (Å²) in [6.07, 6.45) is 3.88. The molecule has 11 rings (SSSR count). The molecule has 4 nitrogen and oxygen atoms in total. The van der Waals surface area contributed by atoms with Crippen LogP contribution in [0.15, 0.2) is 182 Å². The number of thiophene rings is 1. The third-order valence-corrected chi connectivity index (χ3v) is 11.7. The second-order valence-electron chi connectivity index (χ2n) is 13.7. The number of pyridine rings is 1. The SMILES string of the molecule is c1ccc(-c2ccc3c(c2)c2ccccc2n3-c2cc(-c3ccc(-c4nc(-c5ccccc5)c5ccccc5n4)cc3)c3sc4cnccc4c3c2)cc1. The molecule has 4 heterocycles. The van der Waals surface area contributed by atoms with E-state index in [1.165, 1.54) is 58.7 Å². The number of fused-ring (bicyclic) bond motifs is 7. The van der Waals surface area contributed by atoms with Crippen molar-refractivity contribution in [1.82, 2.24) is 19.5 Å². The Labute approximate surface area is 315 Å². The zero-order chi connectivity index (χ0) is 35.6. The summed E-state index contributed by atoms with van der Waals surface area (Å²) in [5.41, 5.74) is 12.2. The maximum atomic E-state index is 5.13. The average molecular weight is 707 g/mol. The number of nitrogens with zero attached hydrogens (tertiary/aromatic N) is 4. The molecule has 11 aromatic rings. The van der Waals surface area contributed by atoms with Crippen LogP contribution in [-0.4, -0.2) is 19.5 Å². The Morgan fingerprint density at radius 2 is 1.13 bits per heavy atom. The van der Waals surface area contributed by atoms with Crippen LogP contribution >= 0.6 is 11.3 Å². The van der Waals surface area contributed by atoms with Crippen LogP contribution in [0.3, 0.4) is 0 Å². The lowest BCUT2D eigenvalue weighted by molar-refractivity contribution is 1.19. The molecule has 0 fully saturated rings. The molecule has 4 aromatic heterocycles. The Bertz CT molecular complexity index is 3200. The van der Waals surface area contributed by atoms with Crippen LogP contribution in [0, 0.1) is 0 Å². The molecule has 0 saturated carbocycles. The average Bonchev–Trinajstić information content (AvgIpc) is 3.79. The summed E-state index contributed by atoms with van der Waals surface area (Å²) in [5, 5.41) is 5.97. The molecule has 7 aromatic carbocycles. The first-order chi connectivity index (χ1) is 26.8. The molecule has 0 aliphatic carbocycles. The van der Waals surface area contributed by atoms with Crippen LogP contribution in [0.1, 0.15) is 0 Å². The third-order valence-electron chi connectivity index (χ3n) is 10.5. The highest BCUT2D eigenvalue weighted by Crippen LogP contribution is 2.43. The van der Waals surface area contributed by atoms with Crippen LogP contribution in [-0.2, 0) is 0 Å². The molecule has 0 unspecified atom stereocenters. The summed E-state index contributed by atoms with van der Waals surface area (Å²) < 4.78 is 4.85. The highest BCUT2D eigenvalue weighted by molar-refractivity contribution is 7.26. The third kappa shape index (κ3) is 4.94. The molecule has 5 heteroatoms. The van der Waals surface area contributed by atoms with Crippen molar-refractivity contribution in [3.05, 3.63) is 182 Å². The molecule has 0 aliphatic heterocycles. The maximum absolute atomic E-state index is 5.13. The molecule has 0 radical (unpaired) electrons. The van der Waals surface area contributed by atoms with E-state index < -0.39 is 0 Å². The largest absolute Gasteiger partial charge is 0.309 e. The minimum Gasteiger partial charge on any atom is -0.309 e. The molecule has 252 valence electrons.